The largest absolute Gasteiger partial charge is 0.495 e. The number of pyridine rings is 1. The van der Waals surface area contributed by atoms with Gasteiger partial charge in [0.1, 0.15) is 12.0 Å². The quantitative estimate of drug-likeness (QED) is 0.269. The standard InChI is InChI=1S/C16H12N2OS.C12H18N2O/c19-11-12-6-8-14(9-7-12)18-20-15-5-1-3-13-4-2-10-17-16(13)15;1-13-8-10(9-13)14(2)11-6-4-5-7-12(11)15-3/h1-11,18H;4-7,10H,8-9H2,1-3H3. The molecule has 3 aromatic carbocycles. The van der Waals surface area contributed by atoms with E-state index in [0.29, 0.717) is 11.6 Å². The zero-order valence-electron chi connectivity index (χ0n) is 20.2. The van der Waals surface area contributed by atoms with Crippen LogP contribution in [0.4, 0.5) is 11.4 Å². The Morgan fingerprint density at radius 2 is 1.77 bits per heavy atom. The van der Waals surface area contributed by atoms with Crippen LogP contribution in [0, 0.1) is 0 Å². The van der Waals surface area contributed by atoms with Crippen molar-refractivity contribution in [1.29, 1.82) is 0 Å². The molecule has 1 N–H and O–H groups in total. The van der Waals surface area contributed by atoms with Gasteiger partial charge in [-0.2, -0.15) is 0 Å². The summed E-state index contributed by atoms with van der Waals surface area (Å²) in [4.78, 5) is 20.7. The highest BCUT2D eigenvalue weighted by atomic mass is 32.2. The summed E-state index contributed by atoms with van der Waals surface area (Å²) in [5.74, 6) is 0.953. The first-order valence-corrected chi connectivity index (χ1v) is 12.3. The van der Waals surface area contributed by atoms with E-state index in [1.807, 2.05) is 54.6 Å². The van der Waals surface area contributed by atoms with Crippen LogP contribution in [-0.2, 0) is 0 Å². The Kier molecular flexibility index (Phi) is 8.23. The molecule has 0 amide bonds. The molecular weight excluding hydrogens is 456 g/mol. The molecule has 2 heterocycles. The Balaban J connectivity index is 0.000000172. The number of aldehydes is 1. The highest BCUT2D eigenvalue weighted by molar-refractivity contribution is 8.00. The summed E-state index contributed by atoms with van der Waals surface area (Å²) >= 11 is 1.52. The number of hydrogen-bond acceptors (Lipinski definition) is 7. The van der Waals surface area contributed by atoms with Crippen LogP contribution in [0.15, 0.2) is 90.0 Å². The van der Waals surface area contributed by atoms with Crippen LogP contribution in [-0.4, -0.2) is 56.5 Å². The van der Waals surface area contributed by atoms with Gasteiger partial charge in [-0.1, -0.05) is 30.3 Å². The van der Waals surface area contributed by atoms with E-state index in [9.17, 15) is 4.79 Å². The van der Waals surface area contributed by atoms with Crippen molar-refractivity contribution in [3.05, 3.63) is 90.6 Å². The van der Waals surface area contributed by atoms with Crippen LogP contribution >= 0.6 is 11.9 Å². The number of fused-ring (bicyclic) bond motifs is 1. The number of likely N-dealkylation sites (N-methyl/N-ethyl adjacent to an activating group) is 2. The zero-order valence-corrected chi connectivity index (χ0v) is 21.0. The molecule has 4 aromatic rings. The fraction of sp³-hybridized carbons (Fsp3) is 0.214. The van der Waals surface area contributed by atoms with E-state index < -0.39 is 0 Å². The number of nitrogens with zero attached hydrogens (tertiary/aromatic N) is 3. The van der Waals surface area contributed by atoms with Crippen LogP contribution in [0.5, 0.6) is 5.75 Å². The third-order valence-corrected chi connectivity index (χ3v) is 6.87. The number of nitrogens with one attached hydrogen (secondary N) is 1. The number of carbonyl (C=O) groups excluding carboxylic acids is 1. The van der Waals surface area contributed by atoms with Gasteiger partial charge >= 0.3 is 0 Å². The Hall–Kier alpha value is -3.55. The Morgan fingerprint density at radius 3 is 2.49 bits per heavy atom. The second-order valence-corrected chi connectivity index (χ2v) is 9.28. The molecule has 0 spiro atoms. The van der Waals surface area contributed by atoms with Gasteiger partial charge in [0.2, 0.25) is 0 Å². The van der Waals surface area contributed by atoms with Gasteiger partial charge in [-0.05, 0) is 67.5 Å². The highest BCUT2D eigenvalue weighted by Crippen LogP contribution is 2.30. The van der Waals surface area contributed by atoms with Crippen molar-refractivity contribution < 1.29 is 9.53 Å². The van der Waals surface area contributed by atoms with Crippen molar-refractivity contribution in [3.8, 4) is 5.75 Å². The lowest BCUT2D eigenvalue weighted by Gasteiger charge is -2.43. The molecule has 6 nitrogen and oxygen atoms in total. The fourth-order valence-electron chi connectivity index (χ4n) is 3.93. The molecule has 0 atom stereocenters. The van der Waals surface area contributed by atoms with Crippen molar-refractivity contribution in [2.45, 2.75) is 10.9 Å². The molecule has 1 fully saturated rings. The van der Waals surface area contributed by atoms with Gasteiger partial charge in [0.25, 0.3) is 0 Å². The number of likely N-dealkylation sites (tertiary alicyclic amines) is 1. The number of methoxy groups -OCH3 is 1. The number of anilines is 2. The van der Waals surface area contributed by atoms with E-state index in [2.05, 4.69) is 45.7 Å². The highest BCUT2D eigenvalue weighted by Gasteiger charge is 2.28. The number of carbonyl (C=O) groups is 1. The molecular formula is C28H30N4O2S. The van der Waals surface area contributed by atoms with E-state index in [1.165, 1.54) is 17.6 Å². The maximum atomic E-state index is 10.6. The molecule has 0 unspecified atom stereocenters. The minimum absolute atomic E-state index is 0.617. The van der Waals surface area contributed by atoms with Gasteiger partial charge in [-0.15, -0.1) is 0 Å². The average Bonchev–Trinajstić information content (AvgIpc) is 2.90. The number of benzene rings is 3. The number of rotatable bonds is 7. The average molecular weight is 487 g/mol. The van der Waals surface area contributed by atoms with E-state index in [0.717, 1.165) is 46.6 Å². The van der Waals surface area contributed by atoms with Gasteiger partial charge < -0.3 is 19.3 Å². The molecule has 1 aliphatic rings. The third-order valence-electron chi connectivity index (χ3n) is 5.98. The van der Waals surface area contributed by atoms with Crippen LogP contribution in [0.25, 0.3) is 10.9 Å². The van der Waals surface area contributed by atoms with Crippen molar-refractivity contribution >= 4 is 40.5 Å². The molecule has 0 bridgehead atoms. The minimum Gasteiger partial charge on any atom is -0.495 e. The van der Waals surface area contributed by atoms with E-state index >= 15 is 0 Å². The molecule has 180 valence electrons. The Bertz CT molecular complexity index is 1250. The van der Waals surface area contributed by atoms with Crippen LogP contribution in [0.1, 0.15) is 10.4 Å². The molecule has 1 aromatic heterocycles. The monoisotopic (exact) mass is 486 g/mol. The first kappa shape index (κ1) is 24.6. The first-order valence-electron chi connectivity index (χ1n) is 11.5. The molecule has 5 rings (SSSR count). The molecule has 35 heavy (non-hydrogen) atoms. The van der Waals surface area contributed by atoms with Crippen molar-refractivity contribution in [3.63, 3.8) is 0 Å². The summed E-state index contributed by atoms with van der Waals surface area (Å²) in [5.41, 5.74) is 3.79. The van der Waals surface area contributed by atoms with Gasteiger partial charge in [-0.25, -0.2) is 0 Å². The summed E-state index contributed by atoms with van der Waals surface area (Å²) in [7, 11) is 6.00. The van der Waals surface area contributed by atoms with Gasteiger partial charge in [-0.3, -0.25) is 9.78 Å². The maximum absolute atomic E-state index is 10.6. The molecule has 0 radical (unpaired) electrons. The molecule has 1 saturated heterocycles. The normalized spacial score (nSPS) is 13.3. The predicted molar refractivity (Wildman–Crippen MR) is 146 cm³/mol. The molecule has 0 aliphatic carbocycles. The summed E-state index contributed by atoms with van der Waals surface area (Å²) in [5, 5.41) is 1.12. The van der Waals surface area contributed by atoms with Gasteiger partial charge in [0.05, 0.1) is 29.3 Å². The summed E-state index contributed by atoms with van der Waals surface area (Å²) in [6.45, 7) is 2.27. The number of aromatic nitrogens is 1. The van der Waals surface area contributed by atoms with Gasteiger partial charge in [0.15, 0.2) is 0 Å². The number of hydrogen-bond donors (Lipinski definition) is 1. The summed E-state index contributed by atoms with van der Waals surface area (Å²) < 4.78 is 8.62. The van der Waals surface area contributed by atoms with Crippen molar-refractivity contribution in [2.24, 2.45) is 0 Å². The number of ether oxygens (including phenoxy) is 1. The van der Waals surface area contributed by atoms with Gasteiger partial charge in [0, 0.05) is 43.0 Å². The van der Waals surface area contributed by atoms with Crippen LogP contribution in [0.2, 0.25) is 0 Å². The van der Waals surface area contributed by atoms with Crippen molar-refractivity contribution in [2.75, 3.05) is 43.9 Å². The summed E-state index contributed by atoms with van der Waals surface area (Å²) in [6.07, 6.45) is 2.64. The lowest BCUT2D eigenvalue weighted by molar-refractivity contribution is 0.112. The van der Waals surface area contributed by atoms with E-state index in [-0.39, 0.29) is 0 Å². The molecule has 1 aliphatic heterocycles. The SMILES string of the molecule is COc1ccccc1N(C)C1CN(C)C1.O=Cc1ccc(NSc2cccc3cccnc23)cc1. The summed E-state index contributed by atoms with van der Waals surface area (Å²) in [6, 6.07) is 26.2. The number of para-hydroxylation sites is 3. The Morgan fingerprint density at radius 1 is 1.03 bits per heavy atom. The van der Waals surface area contributed by atoms with Crippen LogP contribution in [0.3, 0.4) is 0 Å². The topological polar surface area (TPSA) is 57.7 Å². The fourth-order valence-corrected chi connectivity index (χ4v) is 4.71. The van der Waals surface area contributed by atoms with Crippen molar-refractivity contribution in [1.82, 2.24) is 9.88 Å². The Labute approximate surface area is 211 Å². The molecule has 0 saturated carbocycles. The second kappa shape index (κ2) is 11.7. The lowest BCUT2D eigenvalue weighted by Crippen LogP contribution is -2.56. The zero-order chi connectivity index (χ0) is 24.6. The molecule has 7 heteroatoms. The van der Waals surface area contributed by atoms with E-state index in [1.54, 1.807) is 25.4 Å². The minimum atomic E-state index is 0.617. The lowest BCUT2D eigenvalue weighted by atomic mass is 10.1. The maximum Gasteiger partial charge on any atom is 0.150 e. The van der Waals surface area contributed by atoms with E-state index in [4.69, 9.17) is 4.74 Å². The smallest absolute Gasteiger partial charge is 0.150 e. The van der Waals surface area contributed by atoms with Crippen LogP contribution < -0.4 is 14.4 Å². The first-order chi connectivity index (χ1) is 17.1. The second-order valence-electron chi connectivity index (χ2n) is 8.43. The predicted octanol–water partition coefficient (Wildman–Crippen LogP) is 5.61. The third kappa shape index (κ3) is 6.12.